The van der Waals surface area contributed by atoms with Gasteiger partial charge in [0.25, 0.3) is 0 Å². The highest BCUT2D eigenvalue weighted by atomic mass is 35.5. The standard InChI is InChI=1S/C22H23Cl3N4O2.ClH/c1-2-27-8-4-3-5-15(12-27)28-19-10-13(21(26)30)9-17(25)20(19)29(22(28)31)18-7-6-14(23)11-16(18)24;/h6-7,9-11,15H,2-5,8,12H2,1H3,(H2,26,30);1H. The van der Waals surface area contributed by atoms with Gasteiger partial charge in [-0.3, -0.25) is 13.9 Å². The largest absolute Gasteiger partial charge is 0.366 e. The SMILES string of the molecule is CCN1CCCCC(n2c(=O)n(-c3ccc(Cl)cc3Cl)c3c(Cl)cc(C(N)=O)cc32)C1.Cl. The molecule has 0 bridgehead atoms. The zero-order valence-electron chi connectivity index (χ0n) is 17.5. The molecule has 2 N–H and O–H groups in total. The van der Waals surface area contributed by atoms with E-state index in [0.717, 1.165) is 38.9 Å². The highest BCUT2D eigenvalue weighted by Crippen LogP contribution is 2.33. The zero-order chi connectivity index (χ0) is 22.3. The van der Waals surface area contributed by atoms with Gasteiger partial charge in [0.1, 0.15) is 0 Å². The molecular formula is C22H24Cl4N4O2. The second kappa shape index (κ2) is 10.1. The Bertz CT molecular complexity index is 1220. The third-order valence-electron chi connectivity index (χ3n) is 5.90. The van der Waals surface area contributed by atoms with Gasteiger partial charge in [-0.15, -0.1) is 12.4 Å². The lowest BCUT2D eigenvalue weighted by Gasteiger charge is -2.23. The summed E-state index contributed by atoms with van der Waals surface area (Å²) in [5, 5.41) is 1.06. The number of amides is 1. The lowest BCUT2D eigenvalue weighted by atomic mass is 10.1. The van der Waals surface area contributed by atoms with Gasteiger partial charge in [-0.2, -0.15) is 0 Å². The molecule has 6 nitrogen and oxygen atoms in total. The summed E-state index contributed by atoms with van der Waals surface area (Å²) in [6.45, 7) is 4.75. The van der Waals surface area contributed by atoms with Crippen molar-refractivity contribution in [3.05, 3.63) is 61.4 Å². The smallest absolute Gasteiger partial charge is 0.334 e. The molecule has 1 fully saturated rings. The van der Waals surface area contributed by atoms with Crippen LogP contribution in [0.15, 0.2) is 35.1 Å². The second-order valence-corrected chi connectivity index (χ2v) is 9.07. The van der Waals surface area contributed by atoms with Crippen molar-refractivity contribution in [3.63, 3.8) is 0 Å². The number of nitrogens with zero attached hydrogens (tertiary/aromatic N) is 3. The number of halogens is 4. The molecule has 1 saturated heterocycles. The zero-order valence-corrected chi connectivity index (χ0v) is 20.6. The number of imidazole rings is 1. The molecule has 2 aromatic carbocycles. The van der Waals surface area contributed by atoms with Gasteiger partial charge >= 0.3 is 5.69 Å². The maximum absolute atomic E-state index is 13.8. The third kappa shape index (κ3) is 4.52. The van der Waals surface area contributed by atoms with E-state index >= 15 is 0 Å². The fourth-order valence-corrected chi connectivity index (χ4v) is 5.16. The molecule has 172 valence electrons. The normalized spacial score (nSPS) is 17.2. The first kappa shape index (κ1) is 24.9. The number of carbonyl (C=O) groups excluding carboxylic acids is 1. The van der Waals surface area contributed by atoms with E-state index in [0.29, 0.717) is 26.8 Å². The van der Waals surface area contributed by atoms with Gasteiger partial charge in [0.2, 0.25) is 5.91 Å². The predicted molar refractivity (Wildman–Crippen MR) is 133 cm³/mol. The van der Waals surface area contributed by atoms with E-state index in [9.17, 15) is 9.59 Å². The molecule has 0 aliphatic carbocycles. The fourth-order valence-electron chi connectivity index (χ4n) is 4.37. The Morgan fingerprint density at radius 1 is 1.12 bits per heavy atom. The number of aromatic nitrogens is 2. The topological polar surface area (TPSA) is 73.3 Å². The number of benzene rings is 2. The summed E-state index contributed by atoms with van der Waals surface area (Å²) in [6, 6.07) is 8.02. The van der Waals surface area contributed by atoms with Crippen molar-refractivity contribution in [2.24, 2.45) is 5.73 Å². The Morgan fingerprint density at radius 3 is 2.53 bits per heavy atom. The summed E-state index contributed by atoms with van der Waals surface area (Å²) in [4.78, 5) is 28.1. The minimum absolute atomic E-state index is 0. The Labute approximate surface area is 207 Å². The molecule has 1 aliphatic rings. The molecule has 1 amide bonds. The van der Waals surface area contributed by atoms with E-state index in [1.165, 1.54) is 10.6 Å². The number of nitrogens with two attached hydrogens (primary N) is 1. The molecule has 1 aliphatic heterocycles. The van der Waals surface area contributed by atoms with Crippen molar-refractivity contribution in [1.29, 1.82) is 0 Å². The van der Waals surface area contributed by atoms with Crippen LogP contribution >= 0.6 is 47.2 Å². The number of hydrogen-bond acceptors (Lipinski definition) is 3. The van der Waals surface area contributed by atoms with Crippen molar-refractivity contribution in [2.45, 2.75) is 32.2 Å². The second-order valence-electron chi connectivity index (χ2n) is 7.82. The highest BCUT2D eigenvalue weighted by molar-refractivity contribution is 6.37. The Kier molecular flexibility index (Phi) is 7.84. The maximum atomic E-state index is 13.8. The lowest BCUT2D eigenvalue weighted by Crippen LogP contribution is -2.34. The molecule has 0 radical (unpaired) electrons. The molecule has 1 atom stereocenters. The van der Waals surface area contributed by atoms with Crippen molar-refractivity contribution in [1.82, 2.24) is 14.0 Å². The van der Waals surface area contributed by atoms with Crippen LogP contribution in [0.4, 0.5) is 0 Å². The van der Waals surface area contributed by atoms with Crippen LogP contribution in [0, 0.1) is 0 Å². The van der Waals surface area contributed by atoms with Crippen LogP contribution in [0.2, 0.25) is 15.1 Å². The number of carbonyl (C=O) groups is 1. The quantitative estimate of drug-likeness (QED) is 0.509. The van der Waals surface area contributed by atoms with Crippen LogP contribution in [0.1, 0.15) is 42.6 Å². The van der Waals surface area contributed by atoms with Crippen LogP contribution in [0.3, 0.4) is 0 Å². The minimum atomic E-state index is -0.601. The van der Waals surface area contributed by atoms with Crippen LogP contribution in [-0.4, -0.2) is 39.6 Å². The van der Waals surface area contributed by atoms with Crippen LogP contribution < -0.4 is 11.4 Å². The van der Waals surface area contributed by atoms with Gasteiger partial charge in [0, 0.05) is 17.1 Å². The summed E-state index contributed by atoms with van der Waals surface area (Å²) in [6.07, 6.45) is 2.93. The summed E-state index contributed by atoms with van der Waals surface area (Å²) < 4.78 is 3.24. The van der Waals surface area contributed by atoms with Crippen molar-refractivity contribution in [3.8, 4) is 5.69 Å². The average Bonchev–Trinajstić information content (AvgIpc) is 2.87. The lowest BCUT2D eigenvalue weighted by molar-refractivity contribution is 0.100. The summed E-state index contributed by atoms with van der Waals surface area (Å²) in [5.74, 6) is -0.601. The molecule has 10 heteroatoms. The van der Waals surface area contributed by atoms with E-state index in [2.05, 4.69) is 11.8 Å². The number of likely N-dealkylation sites (tertiary alicyclic amines) is 1. The van der Waals surface area contributed by atoms with Gasteiger partial charge in [-0.25, -0.2) is 4.79 Å². The molecule has 0 saturated carbocycles. The van der Waals surface area contributed by atoms with E-state index in [1.54, 1.807) is 28.8 Å². The van der Waals surface area contributed by atoms with Crippen LogP contribution in [0.5, 0.6) is 0 Å². The maximum Gasteiger partial charge on any atom is 0.334 e. The molecule has 4 rings (SSSR count). The molecule has 2 heterocycles. The van der Waals surface area contributed by atoms with Crippen LogP contribution in [-0.2, 0) is 0 Å². The van der Waals surface area contributed by atoms with Gasteiger partial charge in [0.15, 0.2) is 0 Å². The van der Waals surface area contributed by atoms with E-state index < -0.39 is 5.91 Å². The Morgan fingerprint density at radius 2 is 1.88 bits per heavy atom. The average molecular weight is 518 g/mol. The van der Waals surface area contributed by atoms with Crippen molar-refractivity contribution in [2.75, 3.05) is 19.6 Å². The molecular weight excluding hydrogens is 494 g/mol. The molecule has 32 heavy (non-hydrogen) atoms. The van der Waals surface area contributed by atoms with Gasteiger partial charge in [-0.05, 0) is 56.3 Å². The summed E-state index contributed by atoms with van der Waals surface area (Å²) in [5.41, 5.74) is 7.07. The Hall–Kier alpha value is -1.70. The molecule has 1 unspecified atom stereocenters. The fraction of sp³-hybridized carbons (Fsp3) is 0.364. The highest BCUT2D eigenvalue weighted by Gasteiger charge is 2.27. The molecule has 1 aromatic heterocycles. The number of fused-ring (bicyclic) bond motifs is 1. The molecule has 3 aromatic rings. The number of rotatable bonds is 4. The van der Waals surface area contributed by atoms with E-state index in [1.807, 2.05) is 0 Å². The summed E-state index contributed by atoms with van der Waals surface area (Å²) in [7, 11) is 0. The number of primary amides is 1. The van der Waals surface area contributed by atoms with Crippen molar-refractivity contribution < 1.29 is 4.79 Å². The minimum Gasteiger partial charge on any atom is -0.366 e. The first-order valence-corrected chi connectivity index (χ1v) is 11.4. The Balaban J connectivity index is 0.00000289. The molecule has 0 spiro atoms. The number of hydrogen-bond donors (Lipinski definition) is 1. The number of likely N-dealkylation sites (N-methyl/N-ethyl adjacent to an activating group) is 1. The predicted octanol–water partition coefficient (Wildman–Crippen LogP) is 5.32. The van der Waals surface area contributed by atoms with Crippen molar-refractivity contribution >= 4 is 64.2 Å². The first-order chi connectivity index (χ1) is 14.8. The third-order valence-corrected chi connectivity index (χ3v) is 6.73. The van der Waals surface area contributed by atoms with Gasteiger partial charge in [0.05, 0.1) is 32.8 Å². The van der Waals surface area contributed by atoms with Gasteiger partial charge < -0.3 is 10.6 Å². The van der Waals surface area contributed by atoms with E-state index in [-0.39, 0.29) is 34.7 Å². The monoisotopic (exact) mass is 516 g/mol. The summed E-state index contributed by atoms with van der Waals surface area (Å²) >= 11 is 19.1. The van der Waals surface area contributed by atoms with Gasteiger partial charge in [-0.1, -0.05) is 48.1 Å². The van der Waals surface area contributed by atoms with Crippen LogP contribution in [0.25, 0.3) is 16.7 Å². The first-order valence-electron chi connectivity index (χ1n) is 10.3. The van der Waals surface area contributed by atoms with E-state index in [4.69, 9.17) is 40.5 Å².